The van der Waals surface area contributed by atoms with Crippen molar-refractivity contribution in [3.05, 3.63) is 59.7 Å². The van der Waals surface area contributed by atoms with E-state index in [0.717, 1.165) is 31.2 Å². The van der Waals surface area contributed by atoms with E-state index in [-0.39, 0.29) is 0 Å². The zero-order valence-corrected chi connectivity index (χ0v) is 10.2. The minimum Gasteiger partial charge on any atom is -0.341 e. The van der Waals surface area contributed by atoms with Gasteiger partial charge in [0.1, 0.15) is 6.29 Å². The second-order valence-electron chi connectivity index (χ2n) is 4.60. The van der Waals surface area contributed by atoms with Crippen LogP contribution in [0.25, 0.3) is 0 Å². The molecular formula is C16H15NO. The zero-order chi connectivity index (χ0) is 12.4. The quantitative estimate of drug-likeness (QED) is 0.744. The van der Waals surface area contributed by atoms with Gasteiger partial charge in [0.2, 0.25) is 0 Å². The van der Waals surface area contributed by atoms with Crippen molar-refractivity contribution in [2.75, 3.05) is 11.4 Å². The van der Waals surface area contributed by atoms with Crippen LogP contribution in [0.1, 0.15) is 22.3 Å². The van der Waals surface area contributed by atoms with Gasteiger partial charge in [0, 0.05) is 23.5 Å². The molecule has 2 aromatic carbocycles. The molecule has 0 amide bonds. The Labute approximate surface area is 107 Å². The molecule has 0 radical (unpaired) electrons. The van der Waals surface area contributed by atoms with Gasteiger partial charge in [-0.05, 0) is 48.7 Å². The van der Waals surface area contributed by atoms with Crippen LogP contribution in [-0.2, 0) is 6.42 Å². The van der Waals surface area contributed by atoms with E-state index < -0.39 is 0 Å². The first kappa shape index (κ1) is 11.0. The van der Waals surface area contributed by atoms with Crippen LogP contribution in [-0.4, -0.2) is 12.8 Å². The van der Waals surface area contributed by atoms with Crippen molar-refractivity contribution in [2.45, 2.75) is 12.8 Å². The van der Waals surface area contributed by atoms with Gasteiger partial charge >= 0.3 is 0 Å². The number of aryl methyl sites for hydroxylation is 1. The molecule has 1 aliphatic heterocycles. The molecule has 0 aliphatic carbocycles. The van der Waals surface area contributed by atoms with Crippen LogP contribution in [0.3, 0.4) is 0 Å². The van der Waals surface area contributed by atoms with Crippen molar-refractivity contribution in [3.8, 4) is 0 Å². The first-order chi connectivity index (χ1) is 8.88. The third kappa shape index (κ3) is 1.90. The van der Waals surface area contributed by atoms with E-state index in [1.165, 1.54) is 16.9 Å². The van der Waals surface area contributed by atoms with Gasteiger partial charge in [-0.15, -0.1) is 0 Å². The maximum Gasteiger partial charge on any atom is 0.150 e. The molecule has 2 aromatic rings. The Hall–Kier alpha value is -2.09. The molecule has 2 nitrogen and oxygen atoms in total. The standard InChI is InChI=1S/C16H15NO/c18-12-13-8-9-16-14(11-13)5-4-10-17(16)15-6-2-1-3-7-15/h1-3,6-9,11-12H,4-5,10H2. The number of hydrogen-bond acceptors (Lipinski definition) is 2. The van der Waals surface area contributed by atoms with Gasteiger partial charge in [0.25, 0.3) is 0 Å². The lowest BCUT2D eigenvalue weighted by molar-refractivity contribution is 0.112. The lowest BCUT2D eigenvalue weighted by atomic mass is 9.99. The highest BCUT2D eigenvalue weighted by Crippen LogP contribution is 2.33. The Bertz CT molecular complexity index is 563. The van der Waals surface area contributed by atoms with Crippen molar-refractivity contribution >= 4 is 17.7 Å². The van der Waals surface area contributed by atoms with E-state index in [9.17, 15) is 4.79 Å². The number of carbonyl (C=O) groups excluding carboxylic acids is 1. The summed E-state index contributed by atoms with van der Waals surface area (Å²) in [5, 5.41) is 0. The number of aldehydes is 1. The predicted octanol–water partition coefficient (Wildman–Crippen LogP) is 3.58. The molecule has 90 valence electrons. The van der Waals surface area contributed by atoms with E-state index in [0.29, 0.717) is 0 Å². The summed E-state index contributed by atoms with van der Waals surface area (Å²) in [7, 11) is 0. The van der Waals surface area contributed by atoms with Gasteiger partial charge in [0.05, 0.1) is 0 Å². The Morgan fingerprint density at radius 2 is 1.89 bits per heavy atom. The number of rotatable bonds is 2. The monoisotopic (exact) mass is 237 g/mol. The van der Waals surface area contributed by atoms with Gasteiger partial charge in [-0.25, -0.2) is 0 Å². The average molecular weight is 237 g/mol. The fraction of sp³-hybridized carbons (Fsp3) is 0.188. The van der Waals surface area contributed by atoms with Crippen LogP contribution in [0, 0.1) is 0 Å². The predicted molar refractivity (Wildman–Crippen MR) is 73.6 cm³/mol. The highest BCUT2D eigenvalue weighted by Gasteiger charge is 2.18. The fourth-order valence-electron chi connectivity index (χ4n) is 2.57. The van der Waals surface area contributed by atoms with Gasteiger partial charge < -0.3 is 4.90 Å². The van der Waals surface area contributed by atoms with Gasteiger partial charge in [-0.2, -0.15) is 0 Å². The van der Waals surface area contributed by atoms with Crippen molar-refractivity contribution in [1.29, 1.82) is 0 Å². The summed E-state index contributed by atoms with van der Waals surface area (Å²) in [4.78, 5) is 13.2. The Balaban J connectivity index is 2.05. The lowest BCUT2D eigenvalue weighted by Gasteiger charge is -2.31. The van der Waals surface area contributed by atoms with Crippen molar-refractivity contribution in [3.63, 3.8) is 0 Å². The maximum atomic E-state index is 10.8. The molecule has 0 saturated carbocycles. The van der Waals surface area contributed by atoms with E-state index in [1.54, 1.807) is 0 Å². The number of benzene rings is 2. The van der Waals surface area contributed by atoms with Crippen LogP contribution < -0.4 is 4.90 Å². The van der Waals surface area contributed by atoms with Crippen LogP contribution >= 0.6 is 0 Å². The largest absolute Gasteiger partial charge is 0.341 e. The smallest absolute Gasteiger partial charge is 0.150 e. The summed E-state index contributed by atoms with van der Waals surface area (Å²) in [6, 6.07) is 16.4. The van der Waals surface area contributed by atoms with Crippen LogP contribution in [0.4, 0.5) is 11.4 Å². The molecule has 0 saturated heterocycles. The summed E-state index contributed by atoms with van der Waals surface area (Å²) in [5.41, 5.74) is 4.49. The zero-order valence-electron chi connectivity index (χ0n) is 10.2. The lowest BCUT2D eigenvalue weighted by Crippen LogP contribution is -2.24. The molecule has 0 unspecified atom stereocenters. The first-order valence-corrected chi connectivity index (χ1v) is 6.29. The number of nitrogens with zero attached hydrogens (tertiary/aromatic N) is 1. The molecule has 18 heavy (non-hydrogen) atoms. The van der Waals surface area contributed by atoms with E-state index in [1.807, 2.05) is 18.2 Å². The number of hydrogen-bond donors (Lipinski definition) is 0. The number of para-hydroxylation sites is 1. The van der Waals surface area contributed by atoms with E-state index in [2.05, 4.69) is 35.2 Å². The molecule has 0 N–H and O–H groups in total. The fourth-order valence-corrected chi connectivity index (χ4v) is 2.57. The molecule has 0 aromatic heterocycles. The van der Waals surface area contributed by atoms with Crippen LogP contribution in [0.5, 0.6) is 0 Å². The molecular weight excluding hydrogens is 222 g/mol. The van der Waals surface area contributed by atoms with Crippen LogP contribution in [0.2, 0.25) is 0 Å². The van der Waals surface area contributed by atoms with Crippen molar-refractivity contribution in [2.24, 2.45) is 0 Å². The highest BCUT2D eigenvalue weighted by atomic mass is 16.1. The van der Waals surface area contributed by atoms with E-state index in [4.69, 9.17) is 0 Å². The molecule has 1 aliphatic rings. The van der Waals surface area contributed by atoms with Gasteiger partial charge in [-0.1, -0.05) is 18.2 Å². The summed E-state index contributed by atoms with van der Waals surface area (Å²) >= 11 is 0. The summed E-state index contributed by atoms with van der Waals surface area (Å²) in [6.45, 7) is 1.04. The summed E-state index contributed by atoms with van der Waals surface area (Å²) in [5.74, 6) is 0. The molecule has 2 heteroatoms. The van der Waals surface area contributed by atoms with Gasteiger partial charge in [0.15, 0.2) is 0 Å². The highest BCUT2D eigenvalue weighted by molar-refractivity contribution is 5.78. The number of fused-ring (bicyclic) bond motifs is 1. The Kier molecular flexibility index (Phi) is 2.85. The Morgan fingerprint density at radius 3 is 2.67 bits per heavy atom. The second-order valence-corrected chi connectivity index (χ2v) is 4.60. The first-order valence-electron chi connectivity index (χ1n) is 6.29. The number of carbonyl (C=O) groups is 1. The summed E-state index contributed by atoms with van der Waals surface area (Å²) in [6.07, 6.45) is 3.10. The molecule has 0 atom stereocenters. The van der Waals surface area contributed by atoms with Gasteiger partial charge in [-0.3, -0.25) is 4.79 Å². The third-order valence-corrected chi connectivity index (χ3v) is 3.43. The van der Waals surface area contributed by atoms with Crippen molar-refractivity contribution < 1.29 is 4.79 Å². The second kappa shape index (κ2) is 4.65. The van der Waals surface area contributed by atoms with Crippen molar-refractivity contribution in [1.82, 2.24) is 0 Å². The molecule has 3 rings (SSSR count). The topological polar surface area (TPSA) is 20.3 Å². The molecule has 0 bridgehead atoms. The van der Waals surface area contributed by atoms with Crippen LogP contribution in [0.15, 0.2) is 48.5 Å². The minimum atomic E-state index is 0.767. The number of anilines is 2. The van der Waals surface area contributed by atoms with E-state index >= 15 is 0 Å². The molecule has 0 spiro atoms. The molecule has 1 heterocycles. The molecule has 0 fully saturated rings. The Morgan fingerprint density at radius 1 is 1.06 bits per heavy atom. The minimum absolute atomic E-state index is 0.767. The normalized spacial score (nSPS) is 14.1. The SMILES string of the molecule is O=Cc1ccc2c(c1)CCCN2c1ccccc1. The average Bonchev–Trinajstić information content (AvgIpc) is 2.47. The third-order valence-electron chi connectivity index (χ3n) is 3.43. The maximum absolute atomic E-state index is 10.8. The summed E-state index contributed by atoms with van der Waals surface area (Å²) < 4.78 is 0.